The Labute approximate surface area is 203 Å². The molecule has 12 heteroatoms. The number of carbonyl (C=O) groups excluding carboxylic acids is 2. The van der Waals surface area contributed by atoms with E-state index in [1.165, 1.54) is 18.3 Å². The molecule has 1 aliphatic carbocycles. The van der Waals surface area contributed by atoms with Gasteiger partial charge >= 0.3 is 0 Å². The van der Waals surface area contributed by atoms with Gasteiger partial charge in [-0.2, -0.15) is 0 Å². The smallest absolute Gasteiger partial charge is 0.271 e. The second-order valence-corrected chi connectivity index (χ2v) is 8.61. The fraction of sp³-hybridized carbons (Fsp3) is 0.409. The SMILES string of the molecule is [2H]C([2H])([2H])Nc1cc(NC2=CC(Cl)=CN(C3CCOCC3)C2=C=O)nn2c(C(=O)N[C@@H]3C[C@@H]3F)cnc12. The number of allylic oxidation sites excluding steroid dienone is 2. The summed E-state index contributed by atoms with van der Waals surface area (Å²) in [4.78, 5) is 30.6. The lowest BCUT2D eigenvalue weighted by Crippen LogP contribution is -2.38. The number of hydrogen-bond acceptors (Lipinski definition) is 8. The number of carbonyl (C=O) groups is 1. The molecule has 0 bridgehead atoms. The largest absolute Gasteiger partial charge is 0.385 e. The van der Waals surface area contributed by atoms with Crippen LogP contribution in [0.4, 0.5) is 15.9 Å². The maximum absolute atomic E-state index is 13.3. The van der Waals surface area contributed by atoms with Gasteiger partial charge in [-0.15, -0.1) is 5.10 Å². The van der Waals surface area contributed by atoms with E-state index in [2.05, 4.69) is 26.0 Å². The van der Waals surface area contributed by atoms with E-state index in [1.54, 1.807) is 11.1 Å². The fourth-order valence-electron chi connectivity index (χ4n) is 4.00. The Morgan fingerprint density at radius 1 is 1.41 bits per heavy atom. The Kier molecular flexibility index (Phi) is 5.07. The molecule has 10 nitrogen and oxygen atoms in total. The minimum Gasteiger partial charge on any atom is -0.385 e. The van der Waals surface area contributed by atoms with Gasteiger partial charge in [0.1, 0.15) is 6.17 Å². The van der Waals surface area contributed by atoms with Gasteiger partial charge in [-0.1, -0.05) is 11.6 Å². The van der Waals surface area contributed by atoms with E-state index in [1.807, 2.05) is 5.94 Å². The summed E-state index contributed by atoms with van der Waals surface area (Å²) in [7, 11) is 0. The van der Waals surface area contributed by atoms with Crippen molar-refractivity contribution in [3.05, 3.63) is 46.7 Å². The lowest BCUT2D eigenvalue weighted by atomic mass is 10.0. The molecule has 5 rings (SSSR count). The molecule has 2 aromatic heterocycles. The zero-order chi connectivity index (χ0) is 26.3. The standard InChI is InChI=1S/C22H23ClFN7O3/c1-25-17-8-20(29-31-18(9-26-21(17)31)22(33)28-15-7-14(15)24)27-16-6-12(23)10-30(19(16)11-32)13-2-4-34-5-3-13/h6,8-10,13-15,25H,2-5,7H2,1H3,(H,27,29)(H,28,33)/t14-,15+/m0/s1/i1D3. The summed E-state index contributed by atoms with van der Waals surface area (Å²) in [5, 5.41) is 12.7. The highest BCUT2D eigenvalue weighted by atomic mass is 35.5. The van der Waals surface area contributed by atoms with Crippen LogP contribution < -0.4 is 16.0 Å². The molecule has 1 amide bonds. The van der Waals surface area contributed by atoms with Crippen LogP contribution in [0, 0.1) is 0 Å². The van der Waals surface area contributed by atoms with Crippen molar-refractivity contribution in [2.45, 2.75) is 37.5 Å². The van der Waals surface area contributed by atoms with E-state index in [0.717, 1.165) is 4.52 Å². The van der Waals surface area contributed by atoms with Gasteiger partial charge in [0, 0.05) is 49.0 Å². The first-order valence-electron chi connectivity index (χ1n) is 12.2. The lowest BCUT2D eigenvalue weighted by Gasteiger charge is -2.36. The zero-order valence-electron chi connectivity index (χ0n) is 20.8. The van der Waals surface area contributed by atoms with Crippen molar-refractivity contribution in [2.75, 3.05) is 30.8 Å². The second kappa shape index (κ2) is 9.09. The molecule has 34 heavy (non-hydrogen) atoms. The van der Waals surface area contributed by atoms with Gasteiger partial charge in [-0.05, 0) is 18.9 Å². The van der Waals surface area contributed by atoms with Crippen LogP contribution in [0.3, 0.4) is 0 Å². The summed E-state index contributed by atoms with van der Waals surface area (Å²) in [6.45, 7) is -1.49. The van der Waals surface area contributed by atoms with Gasteiger partial charge in [0.2, 0.25) is 0 Å². The van der Waals surface area contributed by atoms with Crippen LogP contribution in [0.5, 0.6) is 0 Å². The van der Waals surface area contributed by atoms with Crippen LogP contribution in [-0.2, 0) is 9.53 Å². The van der Waals surface area contributed by atoms with Crippen molar-refractivity contribution < 1.29 is 22.8 Å². The van der Waals surface area contributed by atoms with Crippen LogP contribution in [0.1, 0.15) is 33.9 Å². The van der Waals surface area contributed by atoms with Gasteiger partial charge in [0.05, 0.1) is 28.7 Å². The Hall–Kier alpha value is -3.40. The summed E-state index contributed by atoms with van der Waals surface area (Å²) in [5.74, 6) is 1.44. The molecule has 3 aliphatic rings. The van der Waals surface area contributed by atoms with Crippen LogP contribution in [0.25, 0.3) is 5.65 Å². The number of halogens is 2. The predicted molar refractivity (Wildman–Crippen MR) is 124 cm³/mol. The first-order chi connectivity index (χ1) is 17.6. The minimum absolute atomic E-state index is 0.0168. The average Bonchev–Trinajstić information content (AvgIpc) is 3.35. The van der Waals surface area contributed by atoms with Crippen molar-refractivity contribution in [2.24, 2.45) is 0 Å². The first kappa shape index (κ1) is 19.0. The Balaban J connectivity index is 1.50. The van der Waals surface area contributed by atoms with Crippen molar-refractivity contribution in [1.29, 1.82) is 0 Å². The third-order valence-electron chi connectivity index (χ3n) is 5.87. The molecule has 4 heterocycles. The van der Waals surface area contributed by atoms with Gasteiger partial charge in [-0.3, -0.25) is 4.79 Å². The van der Waals surface area contributed by atoms with Gasteiger partial charge in [-0.25, -0.2) is 18.7 Å². The lowest BCUT2D eigenvalue weighted by molar-refractivity contribution is 0.0580. The summed E-state index contributed by atoms with van der Waals surface area (Å²) in [6, 6.07) is 0.777. The third-order valence-corrected chi connectivity index (χ3v) is 6.07. The number of anilines is 2. The zero-order valence-corrected chi connectivity index (χ0v) is 18.6. The van der Waals surface area contributed by atoms with Crippen LogP contribution in [0.15, 0.2) is 41.0 Å². The van der Waals surface area contributed by atoms with Crippen molar-refractivity contribution >= 4 is 40.6 Å². The Morgan fingerprint density at radius 3 is 2.91 bits per heavy atom. The fourth-order valence-corrected chi connectivity index (χ4v) is 4.22. The van der Waals surface area contributed by atoms with E-state index in [4.69, 9.17) is 20.5 Å². The molecule has 2 aliphatic heterocycles. The molecule has 2 atom stereocenters. The molecule has 1 saturated heterocycles. The normalized spacial score (nSPS) is 24.4. The maximum Gasteiger partial charge on any atom is 0.271 e. The molecule has 3 N–H and O–H groups in total. The average molecular weight is 491 g/mol. The molecule has 178 valence electrons. The summed E-state index contributed by atoms with van der Waals surface area (Å²) >= 11 is 6.37. The Bertz CT molecular complexity index is 1350. The highest BCUT2D eigenvalue weighted by Gasteiger charge is 2.39. The maximum atomic E-state index is 13.3. The number of rotatable bonds is 6. The highest BCUT2D eigenvalue weighted by Crippen LogP contribution is 2.31. The van der Waals surface area contributed by atoms with E-state index in [-0.39, 0.29) is 46.7 Å². The predicted octanol–water partition coefficient (Wildman–Crippen LogP) is 2.20. The Morgan fingerprint density at radius 2 is 2.21 bits per heavy atom. The molecule has 1 saturated carbocycles. The molecular formula is C22H23ClFN7O3. The molecular weight excluding hydrogens is 465 g/mol. The van der Waals surface area contributed by atoms with Crippen LogP contribution in [-0.4, -0.2) is 69.8 Å². The molecule has 0 radical (unpaired) electrons. The number of hydrogen-bond donors (Lipinski definition) is 3. The van der Waals surface area contributed by atoms with E-state index < -0.39 is 25.1 Å². The van der Waals surface area contributed by atoms with Crippen molar-refractivity contribution in [1.82, 2.24) is 24.8 Å². The molecule has 2 aromatic rings. The number of nitrogens with one attached hydrogen (secondary N) is 3. The van der Waals surface area contributed by atoms with Crippen LogP contribution >= 0.6 is 11.6 Å². The molecule has 0 unspecified atom stereocenters. The van der Waals surface area contributed by atoms with Crippen molar-refractivity contribution in [3.8, 4) is 0 Å². The number of amides is 1. The number of fused-ring (bicyclic) bond motifs is 1. The van der Waals surface area contributed by atoms with Gasteiger partial charge in [0.25, 0.3) is 5.91 Å². The topological polar surface area (TPSA) is 113 Å². The monoisotopic (exact) mass is 490 g/mol. The van der Waals surface area contributed by atoms with Gasteiger partial charge < -0.3 is 25.6 Å². The first-order valence-corrected chi connectivity index (χ1v) is 11.1. The highest BCUT2D eigenvalue weighted by molar-refractivity contribution is 6.31. The second-order valence-electron chi connectivity index (χ2n) is 8.18. The quantitative estimate of drug-likeness (QED) is 0.528. The molecule has 2 fully saturated rings. The molecule has 0 aromatic carbocycles. The third kappa shape index (κ3) is 4.25. The van der Waals surface area contributed by atoms with Crippen LogP contribution in [0.2, 0.25) is 0 Å². The number of imidazole rings is 1. The summed E-state index contributed by atoms with van der Waals surface area (Å²) in [5.41, 5.74) is 0.587. The van der Waals surface area contributed by atoms with E-state index in [0.29, 0.717) is 31.1 Å². The van der Waals surface area contributed by atoms with E-state index in [9.17, 15) is 14.0 Å². The number of nitrogens with zero attached hydrogens (tertiary/aromatic N) is 4. The molecule has 0 spiro atoms. The van der Waals surface area contributed by atoms with E-state index >= 15 is 0 Å². The summed E-state index contributed by atoms with van der Waals surface area (Å²) < 4.78 is 42.8. The number of aromatic nitrogens is 3. The van der Waals surface area contributed by atoms with Crippen molar-refractivity contribution in [3.63, 3.8) is 0 Å². The van der Waals surface area contributed by atoms with Gasteiger partial charge in [0.15, 0.2) is 28.8 Å². The number of ether oxygens (including phenoxy) is 1. The number of alkyl halides is 1. The minimum atomic E-state index is -2.58. The summed E-state index contributed by atoms with van der Waals surface area (Å²) in [6.07, 6.45) is 4.89.